The van der Waals surface area contributed by atoms with Crippen LogP contribution in [0.15, 0.2) is 34.9 Å². The van der Waals surface area contributed by atoms with Crippen molar-refractivity contribution in [2.75, 3.05) is 0 Å². The molecular formula is C13H12Cl2N2O2. The van der Waals surface area contributed by atoms with Crippen molar-refractivity contribution in [3.05, 3.63) is 52.7 Å². The molecule has 2 aromatic rings. The zero-order chi connectivity index (χ0) is 13.8. The molecule has 0 fully saturated rings. The molecule has 0 bridgehead atoms. The van der Waals surface area contributed by atoms with Gasteiger partial charge >= 0.3 is 0 Å². The molecule has 1 atom stereocenters. The van der Waals surface area contributed by atoms with Crippen LogP contribution in [0.1, 0.15) is 34.9 Å². The van der Waals surface area contributed by atoms with Crippen LogP contribution < -0.4 is 5.32 Å². The van der Waals surface area contributed by atoms with Crippen molar-refractivity contribution in [1.82, 2.24) is 10.3 Å². The van der Waals surface area contributed by atoms with Crippen LogP contribution in [0.5, 0.6) is 0 Å². The molecule has 6 heteroatoms. The van der Waals surface area contributed by atoms with Crippen molar-refractivity contribution in [1.29, 1.82) is 0 Å². The van der Waals surface area contributed by atoms with Gasteiger partial charge in [-0.15, -0.1) is 11.6 Å². The molecule has 0 saturated heterocycles. The Morgan fingerprint density at radius 2 is 2.11 bits per heavy atom. The minimum atomic E-state index is -0.303. The van der Waals surface area contributed by atoms with Crippen LogP contribution in [-0.2, 0) is 5.88 Å². The molecule has 1 heterocycles. The Labute approximate surface area is 120 Å². The van der Waals surface area contributed by atoms with Crippen LogP contribution >= 0.6 is 23.2 Å². The number of alkyl halides is 1. The van der Waals surface area contributed by atoms with Crippen molar-refractivity contribution < 1.29 is 9.21 Å². The minimum Gasteiger partial charge on any atom is -0.447 e. The molecule has 100 valence electrons. The van der Waals surface area contributed by atoms with Gasteiger partial charge in [0, 0.05) is 5.02 Å². The summed E-state index contributed by atoms with van der Waals surface area (Å²) in [4.78, 5) is 15.9. The molecule has 0 saturated carbocycles. The first-order chi connectivity index (χ1) is 9.10. The molecule has 1 amide bonds. The standard InChI is InChI=1S/C13H12Cl2N2O2/c1-8(9-2-4-10(15)5-3-9)16-13(18)11-7-19-12(6-14)17-11/h2-5,7-8H,6H2,1H3,(H,16,18)/t8-/m1/s1. The van der Waals surface area contributed by atoms with Crippen LogP contribution in [0.4, 0.5) is 0 Å². The summed E-state index contributed by atoms with van der Waals surface area (Å²) in [5.41, 5.74) is 1.18. The van der Waals surface area contributed by atoms with Gasteiger partial charge in [-0.05, 0) is 24.6 Å². The molecule has 0 aliphatic heterocycles. The number of halogens is 2. The van der Waals surface area contributed by atoms with E-state index in [1.807, 2.05) is 19.1 Å². The predicted molar refractivity (Wildman–Crippen MR) is 73.4 cm³/mol. The van der Waals surface area contributed by atoms with E-state index < -0.39 is 0 Å². The smallest absolute Gasteiger partial charge is 0.273 e. The average Bonchev–Trinajstić information content (AvgIpc) is 2.88. The summed E-state index contributed by atoms with van der Waals surface area (Å²) in [7, 11) is 0. The fourth-order valence-electron chi connectivity index (χ4n) is 1.58. The highest BCUT2D eigenvalue weighted by Gasteiger charge is 2.15. The highest BCUT2D eigenvalue weighted by Crippen LogP contribution is 2.16. The molecule has 0 radical (unpaired) electrons. The molecule has 4 nitrogen and oxygen atoms in total. The maximum absolute atomic E-state index is 11.9. The number of rotatable bonds is 4. The van der Waals surface area contributed by atoms with Gasteiger partial charge in [-0.3, -0.25) is 4.79 Å². The van der Waals surface area contributed by atoms with Gasteiger partial charge in [-0.1, -0.05) is 23.7 Å². The third kappa shape index (κ3) is 3.49. The highest BCUT2D eigenvalue weighted by atomic mass is 35.5. The predicted octanol–water partition coefficient (Wildman–Crippen LogP) is 3.56. The summed E-state index contributed by atoms with van der Waals surface area (Å²) in [5.74, 6) is 0.161. The number of nitrogens with zero attached hydrogens (tertiary/aromatic N) is 1. The van der Waals surface area contributed by atoms with E-state index in [4.69, 9.17) is 27.6 Å². The first-order valence-corrected chi connectivity index (χ1v) is 6.58. The van der Waals surface area contributed by atoms with E-state index in [1.165, 1.54) is 6.26 Å². The molecule has 19 heavy (non-hydrogen) atoms. The number of aromatic nitrogens is 1. The average molecular weight is 299 g/mol. The second-order valence-corrected chi connectivity index (χ2v) is 4.71. The quantitative estimate of drug-likeness (QED) is 0.878. The number of carbonyl (C=O) groups is 1. The van der Waals surface area contributed by atoms with E-state index >= 15 is 0 Å². The molecular weight excluding hydrogens is 287 g/mol. The summed E-state index contributed by atoms with van der Waals surface area (Å²) in [6, 6.07) is 7.13. The number of nitrogens with one attached hydrogen (secondary N) is 1. The minimum absolute atomic E-state index is 0.139. The van der Waals surface area contributed by atoms with E-state index in [9.17, 15) is 4.79 Å². The molecule has 0 aliphatic rings. The molecule has 2 rings (SSSR count). The Kier molecular flexibility index (Phi) is 4.45. The second kappa shape index (κ2) is 6.08. The lowest BCUT2D eigenvalue weighted by molar-refractivity contribution is 0.0935. The van der Waals surface area contributed by atoms with Gasteiger partial charge in [0.15, 0.2) is 5.69 Å². The number of oxazole rings is 1. The van der Waals surface area contributed by atoms with Gasteiger partial charge in [0.25, 0.3) is 5.91 Å². The number of carbonyl (C=O) groups excluding carboxylic acids is 1. The van der Waals surface area contributed by atoms with Crippen LogP contribution in [0.25, 0.3) is 0 Å². The first-order valence-electron chi connectivity index (χ1n) is 5.67. The van der Waals surface area contributed by atoms with Crippen molar-refractivity contribution in [3.63, 3.8) is 0 Å². The van der Waals surface area contributed by atoms with E-state index in [0.717, 1.165) is 5.56 Å². The molecule has 1 aromatic heterocycles. The highest BCUT2D eigenvalue weighted by molar-refractivity contribution is 6.30. The van der Waals surface area contributed by atoms with Gasteiger partial charge < -0.3 is 9.73 Å². The fourth-order valence-corrected chi connectivity index (χ4v) is 1.83. The third-order valence-electron chi connectivity index (χ3n) is 2.62. The number of hydrogen-bond donors (Lipinski definition) is 1. The van der Waals surface area contributed by atoms with Crippen LogP contribution in [0.3, 0.4) is 0 Å². The lowest BCUT2D eigenvalue weighted by Crippen LogP contribution is -2.26. The van der Waals surface area contributed by atoms with E-state index in [0.29, 0.717) is 10.9 Å². The van der Waals surface area contributed by atoms with Crippen LogP contribution in [0.2, 0.25) is 5.02 Å². The Balaban J connectivity index is 2.04. The zero-order valence-corrected chi connectivity index (χ0v) is 11.7. The van der Waals surface area contributed by atoms with E-state index in [1.54, 1.807) is 12.1 Å². The molecule has 0 spiro atoms. The lowest BCUT2D eigenvalue weighted by atomic mass is 10.1. The monoisotopic (exact) mass is 298 g/mol. The van der Waals surface area contributed by atoms with Crippen molar-refractivity contribution >= 4 is 29.1 Å². The van der Waals surface area contributed by atoms with E-state index in [2.05, 4.69) is 10.3 Å². The Bertz CT molecular complexity index is 566. The summed E-state index contributed by atoms with van der Waals surface area (Å²) >= 11 is 11.4. The zero-order valence-electron chi connectivity index (χ0n) is 10.2. The lowest BCUT2D eigenvalue weighted by Gasteiger charge is -2.13. The van der Waals surface area contributed by atoms with E-state index in [-0.39, 0.29) is 23.5 Å². The topological polar surface area (TPSA) is 55.1 Å². The number of benzene rings is 1. The fraction of sp³-hybridized carbons (Fsp3) is 0.231. The summed E-state index contributed by atoms with van der Waals surface area (Å²) < 4.78 is 5.02. The summed E-state index contributed by atoms with van der Waals surface area (Å²) in [6.07, 6.45) is 1.29. The second-order valence-electron chi connectivity index (χ2n) is 4.01. The maximum atomic E-state index is 11.9. The van der Waals surface area contributed by atoms with Gasteiger partial charge in [0.05, 0.1) is 11.9 Å². The normalized spacial score (nSPS) is 12.2. The summed E-state index contributed by atoms with van der Waals surface area (Å²) in [5, 5.41) is 3.48. The molecule has 1 aromatic carbocycles. The largest absolute Gasteiger partial charge is 0.447 e. The van der Waals surface area contributed by atoms with Gasteiger partial charge in [-0.2, -0.15) is 0 Å². The molecule has 1 N–H and O–H groups in total. The number of amides is 1. The molecule has 0 aliphatic carbocycles. The number of hydrogen-bond acceptors (Lipinski definition) is 3. The van der Waals surface area contributed by atoms with Crippen LogP contribution in [0, 0.1) is 0 Å². The summed E-state index contributed by atoms with van der Waals surface area (Å²) in [6.45, 7) is 1.88. The van der Waals surface area contributed by atoms with Crippen molar-refractivity contribution in [2.45, 2.75) is 18.8 Å². The van der Waals surface area contributed by atoms with Crippen LogP contribution in [-0.4, -0.2) is 10.9 Å². The Hall–Kier alpha value is -1.52. The molecule has 0 unspecified atom stereocenters. The first kappa shape index (κ1) is 13.9. The van der Waals surface area contributed by atoms with Crippen molar-refractivity contribution in [2.24, 2.45) is 0 Å². The SMILES string of the molecule is C[C@@H](NC(=O)c1coc(CCl)n1)c1ccc(Cl)cc1. The maximum Gasteiger partial charge on any atom is 0.273 e. The van der Waals surface area contributed by atoms with Gasteiger partial charge in [0.1, 0.15) is 6.26 Å². The van der Waals surface area contributed by atoms with Crippen molar-refractivity contribution in [3.8, 4) is 0 Å². The van der Waals surface area contributed by atoms with Gasteiger partial charge in [-0.25, -0.2) is 4.98 Å². The third-order valence-corrected chi connectivity index (χ3v) is 3.10. The van der Waals surface area contributed by atoms with Gasteiger partial charge in [0.2, 0.25) is 5.89 Å². The Morgan fingerprint density at radius 3 is 2.68 bits per heavy atom. The Morgan fingerprint density at radius 1 is 1.42 bits per heavy atom.